The Morgan fingerprint density at radius 2 is 2.11 bits per heavy atom. The van der Waals surface area contributed by atoms with Gasteiger partial charge in [-0.25, -0.2) is 0 Å². The van der Waals surface area contributed by atoms with Gasteiger partial charge < -0.3 is 5.32 Å². The minimum atomic E-state index is 0.0545. The van der Waals surface area contributed by atoms with E-state index in [0.717, 1.165) is 29.8 Å². The maximum atomic E-state index is 11.6. The third-order valence-corrected chi connectivity index (χ3v) is 3.17. The van der Waals surface area contributed by atoms with Gasteiger partial charge in [0.2, 0.25) is 5.91 Å². The van der Waals surface area contributed by atoms with Gasteiger partial charge in [0.05, 0.1) is 0 Å². The molecule has 1 aliphatic rings. The highest BCUT2D eigenvalue weighted by atomic mass is 16.1. The van der Waals surface area contributed by atoms with E-state index >= 15 is 0 Å². The van der Waals surface area contributed by atoms with Crippen LogP contribution in [0.4, 0.5) is 5.69 Å². The average Bonchev–Trinajstić information content (AvgIpc) is 2.36. The van der Waals surface area contributed by atoms with Gasteiger partial charge in [0.1, 0.15) is 0 Å². The second-order valence-corrected chi connectivity index (χ2v) is 4.63. The molecule has 0 atom stereocenters. The fourth-order valence-electron chi connectivity index (χ4n) is 2.19. The molecule has 1 aromatic rings. The van der Waals surface area contributed by atoms with Gasteiger partial charge in [-0.2, -0.15) is 0 Å². The molecule has 1 aromatic carbocycles. The van der Waals surface area contributed by atoms with Crippen molar-refractivity contribution in [1.29, 1.82) is 0 Å². The smallest absolute Gasteiger partial charge is 0.226 e. The Kier molecular flexibility index (Phi) is 4.51. The standard InChI is InChI=1S/C15H20N2O/c1-2-3-4-8-13-12-7-5-6-9-14(12)17-15(18)10-11-16-13/h5-7,9H,2-4,8,10-11H2,1H3,(H,17,18). The summed E-state index contributed by atoms with van der Waals surface area (Å²) in [5, 5.41) is 2.96. The zero-order valence-electron chi connectivity index (χ0n) is 10.9. The van der Waals surface area contributed by atoms with Crippen molar-refractivity contribution in [3.63, 3.8) is 0 Å². The number of fused-ring (bicyclic) bond motifs is 1. The predicted molar refractivity (Wildman–Crippen MR) is 75.2 cm³/mol. The van der Waals surface area contributed by atoms with E-state index in [-0.39, 0.29) is 5.91 Å². The van der Waals surface area contributed by atoms with E-state index < -0.39 is 0 Å². The van der Waals surface area contributed by atoms with Gasteiger partial charge in [-0.3, -0.25) is 9.79 Å². The summed E-state index contributed by atoms with van der Waals surface area (Å²) in [5.74, 6) is 0.0545. The Labute approximate surface area is 108 Å². The minimum Gasteiger partial charge on any atom is -0.325 e. The average molecular weight is 244 g/mol. The van der Waals surface area contributed by atoms with E-state index in [1.165, 1.54) is 12.8 Å². The Morgan fingerprint density at radius 1 is 1.28 bits per heavy atom. The molecular formula is C15H20N2O. The first-order valence-corrected chi connectivity index (χ1v) is 6.74. The van der Waals surface area contributed by atoms with Crippen LogP contribution in [0.3, 0.4) is 0 Å². The lowest BCUT2D eigenvalue weighted by atomic mass is 10.0. The van der Waals surface area contributed by atoms with Crippen molar-refractivity contribution < 1.29 is 4.79 Å². The molecule has 0 bridgehead atoms. The van der Waals surface area contributed by atoms with Crippen LogP contribution < -0.4 is 5.32 Å². The molecule has 0 radical (unpaired) electrons. The number of anilines is 1. The molecule has 2 rings (SSSR count). The maximum absolute atomic E-state index is 11.6. The molecule has 1 heterocycles. The second kappa shape index (κ2) is 6.34. The SMILES string of the molecule is CCCCCC1=NCCC(=O)Nc2ccccc21. The van der Waals surface area contributed by atoms with Crippen LogP contribution >= 0.6 is 0 Å². The molecule has 0 saturated carbocycles. The van der Waals surface area contributed by atoms with Gasteiger partial charge in [0.25, 0.3) is 0 Å². The highest BCUT2D eigenvalue weighted by Gasteiger charge is 2.13. The van der Waals surface area contributed by atoms with Crippen molar-refractivity contribution in [2.45, 2.75) is 39.0 Å². The van der Waals surface area contributed by atoms with E-state index in [1.807, 2.05) is 24.3 Å². The van der Waals surface area contributed by atoms with Crippen molar-refractivity contribution in [2.24, 2.45) is 4.99 Å². The second-order valence-electron chi connectivity index (χ2n) is 4.63. The number of hydrogen-bond donors (Lipinski definition) is 1. The third-order valence-electron chi connectivity index (χ3n) is 3.17. The van der Waals surface area contributed by atoms with E-state index in [9.17, 15) is 4.79 Å². The highest BCUT2D eigenvalue weighted by molar-refractivity contribution is 6.08. The number of hydrogen-bond acceptors (Lipinski definition) is 2. The highest BCUT2D eigenvalue weighted by Crippen LogP contribution is 2.21. The Morgan fingerprint density at radius 3 is 2.94 bits per heavy atom. The van der Waals surface area contributed by atoms with Gasteiger partial charge in [-0.1, -0.05) is 38.0 Å². The number of aliphatic imine (C=N–C) groups is 1. The molecule has 0 aromatic heterocycles. The molecule has 18 heavy (non-hydrogen) atoms. The number of carbonyl (C=O) groups excluding carboxylic acids is 1. The number of amides is 1. The van der Waals surface area contributed by atoms with Crippen molar-refractivity contribution in [3.8, 4) is 0 Å². The Bertz CT molecular complexity index is 452. The van der Waals surface area contributed by atoms with Crippen LogP contribution in [0.1, 0.15) is 44.6 Å². The zero-order valence-corrected chi connectivity index (χ0v) is 10.9. The van der Waals surface area contributed by atoms with Gasteiger partial charge in [0.15, 0.2) is 0 Å². The van der Waals surface area contributed by atoms with Crippen LogP contribution in [-0.2, 0) is 4.79 Å². The Balaban J connectivity index is 2.22. The van der Waals surface area contributed by atoms with E-state index in [2.05, 4.69) is 17.2 Å². The van der Waals surface area contributed by atoms with Crippen molar-refractivity contribution >= 4 is 17.3 Å². The maximum Gasteiger partial charge on any atom is 0.226 e. The first kappa shape index (κ1) is 12.8. The summed E-state index contributed by atoms with van der Waals surface area (Å²) < 4.78 is 0. The molecule has 1 N–H and O–H groups in total. The summed E-state index contributed by atoms with van der Waals surface area (Å²) >= 11 is 0. The molecule has 1 aliphatic heterocycles. The van der Waals surface area contributed by atoms with E-state index in [4.69, 9.17) is 0 Å². The summed E-state index contributed by atoms with van der Waals surface area (Å²) in [7, 11) is 0. The molecule has 0 spiro atoms. The number of benzene rings is 1. The van der Waals surface area contributed by atoms with Crippen molar-refractivity contribution in [3.05, 3.63) is 29.8 Å². The van der Waals surface area contributed by atoms with Gasteiger partial charge >= 0.3 is 0 Å². The normalized spacial score (nSPS) is 15.2. The largest absolute Gasteiger partial charge is 0.325 e. The van der Waals surface area contributed by atoms with E-state index in [0.29, 0.717) is 13.0 Å². The predicted octanol–water partition coefficient (Wildman–Crippen LogP) is 3.40. The Hall–Kier alpha value is -1.64. The van der Waals surface area contributed by atoms with Crippen LogP contribution in [0.2, 0.25) is 0 Å². The topological polar surface area (TPSA) is 41.5 Å². The summed E-state index contributed by atoms with van der Waals surface area (Å²) in [6.07, 6.45) is 5.09. The first-order chi connectivity index (χ1) is 8.81. The fraction of sp³-hybridized carbons (Fsp3) is 0.467. The van der Waals surface area contributed by atoms with Gasteiger partial charge in [-0.15, -0.1) is 0 Å². The summed E-state index contributed by atoms with van der Waals surface area (Å²) in [6.45, 7) is 2.80. The summed E-state index contributed by atoms with van der Waals surface area (Å²) in [6, 6.07) is 7.95. The van der Waals surface area contributed by atoms with Gasteiger partial charge in [0, 0.05) is 29.9 Å². The van der Waals surface area contributed by atoms with Crippen LogP contribution in [0.15, 0.2) is 29.3 Å². The van der Waals surface area contributed by atoms with Crippen LogP contribution in [0.25, 0.3) is 0 Å². The molecule has 3 nitrogen and oxygen atoms in total. The fourth-order valence-corrected chi connectivity index (χ4v) is 2.19. The number of nitrogens with one attached hydrogen (secondary N) is 1. The molecule has 0 unspecified atom stereocenters. The molecule has 96 valence electrons. The minimum absolute atomic E-state index is 0.0545. The van der Waals surface area contributed by atoms with Crippen LogP contribution in [0, 0.1) is 0 Å². The monoisotopic (exact) mass is 244 g/mol. The molecule has 1 amide bonds. The van der Waals surface area contributed by atoms with Crippen molar-refractivity contribution in [2.75, 3.05) is 11.9 Å². The molecule has 3 heteroatoms. The third kappa shape index (κ3) is 3.19. The zero-order chi connectivity index (χ0) is 12.8. The lowest BCUT2D eigenvalue weighted by Gasteiger charge is -2.16. The van der Waals surface area contributed by atoms with Gasteiger partial charge in [-0.05, 0) is 18.9 Å². The van der Waals surface area contributed by atoms with Crippen LogP contribution in [-0.4, -0.2) is 18.2 Å². The van der Waals surface area contributed by atoms with E-state index in [1.54, 1.807) is 0 Å². The lowest BCUT2D eigenvalue weighted by molar-refractivity contribution is -0.116. The molecule has 0 saturated heterocycles. The number of para-hydroxylation sites is 1. The molecule has 0 fully saturated rings. The number of nitrogens with zero attached hydrogens (tertiary/aromatic N) is 1. The van der Waals surface area contributed by atoms with Crippen molar-refractivity contribution in [1.82, 2.24) is 0 Å². The number of rotatable bonds is 4. The quantitative estimate of drug-likeness (QED) is 0.810. The number of unbranched alkanes of at least 4 members (excludes halogenated alkanes) is 2. The lowest BCUT2D eigenvalue weighted by Crippen LogP contribution is -2.19. The first-order valence-electron chi connectivity index (χ1n) is 6.74. The molecule has 0 aliphatic carbocycles. The number of carbonyl (C=O) groups is 1. The van der Waals surface area contributed by atoms with Crippen LogP contribution in [0.5, 0.6) is 0 Å². The summed E-state index contributed by atoms with van der Waals surface area (Å²) in [5.41, 5.74) is 3.12. The molecular weight excluding hydrogens is 224 g/mol. The summed E-state index contributed by atoms with van der Waals surface area (Å²) in [4.78, 5) is 16.2.